The molecule has 94 valence electrons. The molecular formula is C14H19F2N. The van der Waals surface area contributed by atoms with E-state index in [9.17, 15) is 8.78 Å². The van der Waals surface area contributed by atoms with Gasteiger partial charge in [-0.1, -0.05) is 13.0 Å². The maximum Gasteiger partial charge on any atom is 0.159 e. The Morgan fingerprint density at radius 2 is 1.94 bits per heavy atom. The minimum absolute atomic E-state index is 0.624. The van der Waals surface area contributed by atoms with Gasteiger partial charge < -0.3 is 5.32 Å². The molecule has 1 saturated carbocycles. The van der Waals surface area contributed by atoms with Crippen LogP contribution in [0.5, 0.6) is 0 Å². The van der Waals surface area contributed by atoms with Gasteiger partial charge in [0.2, 0.25) is 0 Å². The summed E-state index contributed by atoms with van der Waals surface area (Å²) in [5.74, 6) is -0.168. The number of benzene rings is 1. The Morgan fingerprint density at radius 3 is 2.53 bits per heavy atom. The molecule has 2 unspecified atom stereocenters. The van der Waals surface area contributed by atoms with E-state index in [2.05, 4.69) is 12.2 Å². The molecule has 0 amide bonds. The molecule has 2 atom stereocenters. The van der Waals surface area contributed by atoms with Crippen molar-refractivity contribution in [2.45, 2.75) is 26.2 Å². The Morgan fingerprint density at radius 1 is 1.18 bits per heavy atom. The monoisotopic (exact) mass is 239 g/mol. The summed E-state index contributed by atoms with van der Waals surface area (Å²) in [6.45, 7) is 4.14. The van der Waals surface area contributed by atoms with Crippen LogP contribution in [0, 0.1) is 23.5 Å². The third-order valence-corrected chi connectivity index (χ3v) is 3.71. The second kappa shape index (κ2) is 5.58. The second-order valence-corrected chi connectivity index (χ2v) is 4.86. The summed E-state index contributed by atoms with van der Waals surface area (Å²) in [4.78, 5) is 0. The van der Waals surface area contributed by atoms with Crippen LogP contribution in [0.1, 0.15) is 25.3 Å². The largest absolute Gasteiger partial charge is 0.317 e. The molecule has 0 spiro atoms. The van der Waals surface area contributed by atoms with Crippen molar-refractivity contribution in [2.24, 2.45) is 11.8 Å². The molecule has 0 aromatic heterocycles. The van der Waals surface area contributed by atoms with Crippen LogP contribution < -0.4 is 5.32 Å². The van der Waals surface area contributed by atoms with Gasteiger partial charge in [0.05, 0.1) is 0 Å². The first kappa shape index (κ1) is 12.5. The normalized spacial score (nSPS) is 23.5. The summed E-state index contributed by atoms with van der Waals surface area (Å²) < 4.78 is 25.9. The lowest BCUT2D eigenvalue weighted by Crippen LogP contribution is -2.36. The molecule has 0 saturated heterocycles. The zero-order chi connectivity index (χ0) is 12.3. The predicted octanol–water partition coefficient (Wildman–Crippen LogP) is 3.14. The van der Waals surface area contributed by atoms with Crippen LogP contribution in [-0.2, 0) is 6.42 Å². The first-order valence-electron chi connectivity index (χ1n) is 6.35. The fourth-order valence-electron chi connectivity index (χ4n) is 2.47. The number of nitrogens with one attached hydrogen (secondary N) is 1. The van der Waals surface area contributed by atoms with E-state index in [1.807, 2.05) is 0 Å². The Labute approximate surface area is 101 Å². The minimum atomic E-state index is -0.758. The molecule has 1 aliphatic carbocycles. The van der Waals surface area contributed by atoms with Crippen molar-refractivity contribution >= 4 is 0 Å². The molecular weight excluding hydrogens is 220 g/mol. The first-order chi connectivity index (χ1) is 8.20. The molecule has 1 fully saturated rings. The van der Waals surface area contributed by atoms with Gasteiger partial charge in [0.15, 0.2) is 11.6 Å². The predicted molar refractivity (Wildman–Crippen MR) is 64.8 cm³/mol. The summed E-state index contributed by atoms with van der Waals surface area (Å²) in [7, 11) is 0. The Bertz CT molecular complexity index is 378. The van der Waals surface area contributed by atoms with Gasteiger partial charge in [-0.05, 0) is 61.9 Å². The average Bonchev–Trinajstić information content (AvgIpc) is 2.29. The molecule has 0 heterocycles. The van der Waals surface area contributed by atoms with Gasteiger partial charge in [0.1, 0.15) is 0 Å². The fraction of sp³-hybridized carbons (Fsp3) is 0.571. The number of hydrogen-bond donors (Lipinski definition) is 1. The molecule has 17 heavy (non-hydrogen) atoms. The SMILES string of the molecule is CCNCC1CCC1Cc1ccc(F)c(F)c1. The number of halogens is 2. The van der Waals surface area contributed by atoms with Gasteiger partial charge in [0.25, 0.3) is 0 Å². The van der Waals surface area contributed by atoms with Crippen molar-refractivity contribution < 1.29 is 8.78 Å². The van der Waals surface area contributed by atoms with Crippen LogP contribution in [0.25, 0.3) is 0 Å². The van der Waals surface area contributed by atoms with E-state index in [0.29, 0.717) is 11.8 Å². The summed E-state index contributed by atoms with van der Waals surface area (Å²) in [6.07, 6.45) is 3.32. The van der Waals surface area contributed by atoms with Crippen molar-refractivity contribution in [3.63, 3.8) is 0 Å². The van der Waals surface area contributed by atoms with E-state index in [1.165, 1.54) is 25.0 Å². The van der Waals surface area contributed by atoms with Crippen LogP contribution in [0.4, 0.5) is 8.78 Å². The highest BCUT2D eigenvalue weighted by Gasteiger charge is 2.30. The van der Waals surface area contributed by atoms with Gasteiger partial charge in [-0.3, -0.25) is 0 Å². The van der Waals surface area contributed by atoms with E-state index >= 15 is 0 Å². The second-order valence-electron chi connectivity index (χ2n) is 4.86. The maximum atomic E-state index is 13.1. The van der Waals surface area contributed by atoms with Crippen molar-refractivity contribution in [2.75, 3.05) is 13.1 Å². The third kappa shape index (κ3) is 3.03. The average molecular weight is 239 g/mol. The lowest BCUT2D eigenvalue weighted by Gasteiger charge is -2.37. The van der Waals surface area contributed by atoms with Gasteiger partial charge in [-0.2, -0.15) is 0 Å². The van der Waals surface area contributed by atoms with E-state index < -0.39 is 11.6 Å². The van der Waals surface area contributed by atoms with Gasteiger partial charge in [-0.25, -0.2) is 8.78 Å². The lowest BCUT2D eigenvalue weighted by atomic mass is 9.70. The standard InChI is InChI=1S/C14H19F2N/c1-2-17-9-12-5-4-11(12)7-10-3-6-13(15)14(16)8-10/h3,6,8,11-12,17H,2,4-5,7,9H2,1H3. The first-order valence-corrected chi connectivity index (χ1v) is 6.35. The van der Waals surface area contributed by atoms with Gasteiger partial charge in [-0.15, -0.1) is 0 Å². The molecule has 1 aromatic carbocycles. The molecule has 1 aliphatic rings. The molecule has 1 nitrogen and oxygen atoms in total. The summed E-state index contributed by atoms with van der Waals surface area (Å²) in [5, 5.41) is 3.35. The molecule has 2 rings (SSSR count). The maximum absolute atomic E-state index is 13.1. The molecule has 0 aliphatic heterocycles. The topological polar surface area (TPSA) is 12.0 Å². The third-order valence-electron chi connectivity index (χ3n) is 3.71. The quantitative estimate of drug-likeness (QED) is 0.832. The molecule has 3 heteroatoms. The smallest absolute Gasteiger partial charge is 0.159 e. The summed E-state index contributed by atoms with van der Waals surface area (Å²) >= 11 is 0. The van der Waals surface area contributed by atoms with Gasteiger partial charge in [0, 0.05) is 0 Å². The van der Waals surface area contributed by atoms with E-state index in [0.717, 1.165) is 25.1 Å². The van der Waals surface area contributed by atoms with Crippen LogP contribution >= 0.6 is 0 Å². The van der Waals surface area contributed by atoms with Crippen molar-refractivity contribution in [1.82, 2.24) is 5.32 Å². The summed E-state index contributed by atoms with van der Waals surface area (Å²) in [5.41, 5.74) is 0.912. The Hall–Kier alpha value is -0.960. The fourth-order valence-corrected chi connectivity index (χ4v) is 2.47. The van der Waals surface area contributed by atoms with Crippen LogP contribution in [-0.4, -0.2) is 13.1 Å². The highest BCUT2D eigenvalue weighted by molar-refractivity contribution is 5.19. The zero-order valence-electron chi connectivity index (χ0n) is 10.2. The Kier molecular flexibility index (Phi) is 4.11. The van der Waals surface area contributed by atoms with Crippen molar-refractivity contribution in [3.8, 4) is 0 Å². The van der Waals surface area contributed by atoms with Crippen LogP contribution in [0.3, 0.4) is 0 Å². The van der Waals surface area contributed by atoms with E-state index in [-0.39, 0.29) is 0 Å². The molecule has 0 radical (unpaired) electrons. The zero-order valence-corrected chi connectivity index (χ0v) is 10.2. The highest BCUT2D eigenvalue weighted by Crippen LogP contribution is 2.36. The van der Waals surface area contributed by atoms with E-state index in [1.54, 1.807) is 6.07 Å². The van der Waals surface area contributed by atoms with Crippen molar-refractivity contribution in [3.05, 3.63) is 35.4 Å². The summed E-state index contributed by atoms with van der Waals surface area (Å²) in [6, 6.07) is 4.25. The lowest BCUT2D eigenvalue weighted by molar-refractivity contribution is 0.171. The minimum Gasteiger partial charge on any atom is -0.317 e. The highest BCUT2D eigenvalue weighted by atomic mass is 19.2. The van der Waals surface area contributed by atoms with Crippen LogP contribution in [0.15, 0.2) is 18.2 Å². The van der Waals surface area contributed by atoms with Crippen LogP contribution in [0.2, 0.25) is 0 Å². The number of hydrogen-bond acceptors (Lipinski definition) is 1. The molecule has 1 aromatic rings. The van der Waals surface area contributed by atoms with E-state index in [4.69, 9.17) is 0 Å². The molecule has 0 bridgehead atoms. The van der Waals surface area contributed by atoms with Gasteiger partial charge >= 0.3 is 0 Å². The Balaban J connectivity index is 1.90. The number of rotatable bonds is 5. The molecule has 1 N–H and O–H groups in total. The van der Waals surface area contributed by atoms with Crippen molar-refractivity contribution in [1.29, 1.82) is 0 Å².